The van der Waals surface area contributed by atoms with Gasteiger partial charge < -0.3 is 5.32 Å². The first-order valence-corrected chi connectivity index (χ1v) is 5.33. The summed E-state index contributed by atoms with van der Waals surface area (Å²) in [5, 5.41) is 3.56. The minimum atomic E-state index is 0.489. The molecular formula is C12H21N. The standard InChI is InChI=1S/C12H21N/c1-5-6-10(4)13-12-7-11(8-12)9(2)3/h1,9-13H,6-8H2,2-4H3. The van der Waals surface area contributed by atoms with E-state index >= 15 is 0 Å². The Bertz CT molecular complexity index is 184. The first-order valence-electron chi connectivity index (χ1n) is 5.33. The van der Waals surface area contributed by atoms with E-state index in [2.05, 4.69) is 32.0 Å². The van der Waals surface area contributed by atoms with Crippen molar-refractivity contribution < 1.29 is 0 Å². The molecule has 0 aromatic carbocycles. The van der Waals surface area contributed by atoms with Gasteiger partial charge in [-0.15, -0.1) is 12.3 Å². The van der Waals surface area contributed by atoms with Crippen molar-refractivity contribution in [3.05, 3.63) is 0 Å². The Morgan fingerprint density at radius 2 is 2.00 bits per heavy atom. The Balaban J connectivity index is 2.11. The molecule has 1 atom stereocenters. The van der Waals surface area contributed by atoms with E-state index in [1.165, 1.54) is 12.8 Å². The zero-order valence-corrected chi connectivity index (χ0v) is 9.01. The van der Waals surface area contributed by atoms with E-state index in [0.29, 0.717) is 6.04 Å². The van der Waals surface area contributed by atoms with Crippen molar-refractivity contribution in [1.29, 1.82) is 0 Å². The molecule has 0 spiro atoms. The first kappa shape index (κ1) is 10.6. The third-order valence-electron chi connectivity index (χ3n) is 3.06. The Labute approximate surface area is 82.3 Å². The van der Waals surface area contributed by atoms with E-state index in [-0.39, 0.29) is 0 Å². The maximum absolute atomic E-state index is 5.25. The quantitative estimate of drug-likeness (QED) is 0.654. The number of nitrogens with one attached hydrogen (secondary N) is 1. The van der Waals surface area contributed by atoms with Crippen molar-refractivity contribution in [2.45, 2.75) is 52.1 Å². The lowest BCUT2D eigenvalue weighted by Gasteiger charge is -2.40. The van der Waals surface area contributed by atoms with Crippen molar-refractivity contribution in [1.82, 2.24) is 5.32 Å². The van der Waals surface area contributed by atoms with Gasteiger partial charge in [0.25, 0.3) is 0 Å². The summed E-state index contributed by atoms with van der Waals surface area (Å²) in [4.78, 5) is 0. The summed E-state index contributed by atoms with van der Waals surface area (Å²) in [6, 6.07) is 1.22. The van der Waals surface area contributed by atoms with Gasteiger partial charge in [-0.1, -0.05) is 13.8 Å². The van der Waals surface area contributed by atoms with Gasteiger partial charge in [0.05, 0.1) is 0 Å². The molecule has 0 aromatic rings. The molecule has 0 aromatic heterocycles. The Hall–Kier alpha value is -0.480. The molecule has 74 valence electrons. The van der Waals surface area contributed by atoms with Crippen LogP contribution in [0.2, 0.25) is 0 Å². The van der Waals surface area contributed by atoms with Crippen LogP contribution in [-0.2, 0) is 0 Å². The van der Waals surface area contributed by atoms with Gasteiger partial charge in [-0.05, 0) is 31.6 Å². The van der Waals surface area contributed by atoms with Crippen LogP contribution in [0.3, 0.4) is 0 Å². The number of rotatable bonds is 4. The molecule has 0 bridgehead atoms. The summed E-state index contributed by atoms with van der Waals surface area (Å²) in [6.45, 7) is 6.79. The molecule has 0 saturated heterocycles. The highest BCUT2D eigenvalue weighted by Gasteiger charge is 2.31. The highest BCUT2D eigenvalue weighted by atomic mass is 15.0. The maximum atomic E-state index is 5.25. The third kappa shape index (κ3) is 3.04. The van der Waals surface area contributed by atoms with Gasteiger partial charge in [0, 0.05) is 18.5 Å². The molecule has 1 fully saturated rings. The lowest BCUT2D eigenvalue weighted by atomic mass is 9.73. The maximum Gasteiger partial charge on any atom is 0.0238 e. The van der Waals surface area contributed by atoms with E-state index in [4.69, 9.17) is 6.42 Å². The molecule has 1 nitrogen and oxygen atoms in total. The molecule has 1 heteroatoms. The second-order valence-electron chi connectivity index (χ2n) is 4.65. The number of hydrogen-bond donors (Lipinski definition) is 1. The van der Waals surface area contributed by atoms with E-state index < -0.39 is 0 Å². The molecule has 0 aliphatic heterocycles. The van der Waals surface area contributed by atoms with Crippen LogP contribution in [0, 0.1) is 24.2 Å². The summed E-state index contributed by atoms with van der Waals surface area (Å²) in [6.07, 6.45) is 8.78. The largest absolute Gasteiger partial charge is 0.311 e. The summed E-state index contributed by atoms with van der Waals surface area (Å²) < 4.78 is 0. The molecule has 1 aliphatic rings. The second kappa shape index (κ2) is 4.67. The zero-order chi connectivity index (χ0) is 9.84. The average molecular weight is 179 g/mol. The van der Waals surface area contributed by atoms with Crippen LogP contribution in [0.15, 0.2) is 0 Å². The molecule has 1 unspecified atom stereocenters. The van der Waals surface area contributed by atoms with Gasteiger partial charge in [0.2, 0.25) is 0 Å². The van der Waals surface area contributed by atoms with Crippen LogP contribution in [-0.4, -0.2) is 12.1 Å². The SMILES string of the molecule is C#CCC(C)NC1CC(C(C)C)C1. The number of terminal acetylenes is 1. The predicted molar refractivity (Wildman–Crippen MR) is 57.4 cm³/mol. The molecule has 1 N–H and O–H groups in total. The van der Waals surface area contributed by atoms with Gasteiger partial charge >= 0.3 is 0 Å². The fourth-order valence-corrected chi connectivity index (χ4v) is 1.98. The molecule has 1 aliphatic carbocycles. The highest BCUT2D eigenvalue weighted by molar-refractivity contribution is 4.92. The Kier molecular flexibility index (Phi) is 3.81. The monoisotopic (exact) mass is 179 g/mol. The molecule has 0 heterocycles. The van der Waals surface area contributed by atoms with Crippen LogP contribution in [0.4, 0.5) is 0 Å². The third-order valence-corrected chi connectivity index (χ3v) is 3.06. The van der Waals surface area contributed by atoms with Crippen LogP contribution >= 0.6 is 0 Å². The minimum absolute atomic E-state index is 0.489. The molecule has 0 radical (unpaired) electrons. The summed E-state index contributed by atoms with van der Waals surface area (Å²) in [5.74, 6) is 4.48. The fourth-order valence-electron chi connectivity index (χ4n) is 1.98. The lowest BCUT2D eigenvalue weighted by molar-refractivity contribution is 0.160. The molecule has 1 rings (SSSR count). The van der Waals surface area contributed by atoms with Gasteiger partial charge in [-0.3, -0.25) is 0 Å². The average Bonchev–Trinajstić information content (AvgIpc) is 1.95. The van der Waals surface area contributed by atoms with Crippen LogP contribution < -0.4 is 5.32 Å². The van der Waals surface area contributed by atoms with E-state index in [0.717, 1.165) is 24.3 Å². The molecule has 1 saturated carbocycles. The normalized spacial score (nSPS) is 29.5. The van der Waals surface area contributed by atoms with Gasteiger partial charge in [0.1, 0.15) is 0 Å². The molecular weight excluding hydrogens is 158 g/mol. The van der Waals surface area contributed by atoms with Crippen LogP contribution in [0.5, 0.6) is 0 Å². The number of hydrogen-bond acceptors (Lipinski definition) is 1. The predicted octanol–water partition coefficient (Wildman–Crippen LogP) is 2.42. The van der Waals surface area contributed by atoms with E-state index in [9.17, 15) is 0 Å². The topological polar surface area (TPSA) is 12.0 Å². The van der Waals surface area contributed by atoms with Crippen molar-refractivity contribution in [2.24, 2.45) is 11.8 Å². The lowest BCUT2D eigenvalue weighted by Crippen LogP contribution is -2.46. The van der Waals surface area contributed by atoms with Crippen LogP contribution in [0.1, 0.15) is 40.0 Å². The summed E-state index contributed by atoms with van der Waals surface area (Å²) in [5.41, 5.74) is 0. The zero-order valence-electron chi connectivity index (χ0n) is 9.01. The smallest absolute Gasteiger partial charge is 0.0238 e. The van der Waals surface area contributed by atoms with Crippen molar-refractivity contribution in [3.63, 3.8) is 0 Å². The van der Waals surface area contributed by atoms with Crippen molar-refractivity contribution in [2.75, 3.05) is 0 Å². The first-order chi connectivity index (χ1) is 6.13. The van der Waals surface area contributed by atoms with Gasteiger partial charge in [-0.25, -0.2) is 0 Å². The van der Waals surface area contributed by atoms with E-state index in [1.807, 2.05) is 0 Å². The molecule has 13 heavy (non-hydrogen) atoms. The van der Waals surface area contributed by atoms with Gasteiger partial charge in [-0.2, -0.15) is 0 Å². The Morgan fingerprint density at radius 1 is 1.38 bits per heavy atom. The fraction of sp³-hybridized carbons (Fsp3) is 0.833. The highest BCUT2D eigenvalue weighted by Crippen LogP contribution is 2.33. The second-order valence-corrected chi connectivity index (χ2v) is 4.65. The van der Waals surface area contributed by atoms with Crippen LogP contribution in [0.25, 0.3) is 0 Å². The molecule has 0 amide bonds. The van der Waals surface area contributed by atoms with Crippen molar-refractivity contribution in [3.8, 4) is 12.3 Å². The summed E-state index contributed by atoms with van der Waals surface area (Å²) >= 11 is 0. The minimum Gasteiger partial charge on any atom is -0.311 e. The Morgan fingerprint density at radius 3 is 2.46 bits per heavy atom. The summed E-state index contributed by atoms with van der Waals surface area (Å²) in [7, 11) is 0. The van der Waals surface area contributed by atoms with E-state index in [1.54, 1.807) is 0 Å². The van der Waals surface area contributed by atoms with Crippen molar-refractivity contribution >= 4 is 0 Å². The van der Waals surface area contributed by atoms with Gasteiger partial charge in [0.15, 0.2) is 0 Å².